The summed E-state index contributed by atoms with van der Waals surface area (Å²) in [5.74, 6) is -1.53. The standard InChI is InChI=1S/C32H38BrN7O5/c33-20-27(42)35-18-19-37-32(45)40-31(34)36-17-7-12-26(29(43)38-21-22-13-15-25(41)16-14-22)39-30(44)28(23-8-3-1-4-9-23)24-10-5-2-6-11-24/h1-6,8-11,13-16,26,28,41H,7,12,17-21H2,(H,35,42)(H,38,43)(H,39,44)(H4,34,36,37,40,45)/t26-/m1/s1. The van der Waals surface area contributed by atoms with Gasteiger partial charge in [-0.1, -0.05) is 88.7 Å². The van der Waals surface area contributed by atoms with Crippen molar-refractivity contribution in [2.45, 2.75) is 31.3 Å². The second-order valence-electron chi connectivity index (χ2n) is 9.97. The average Bonchev–Trinajstić information content (AvgIpc) is 3.05. The second kappa shape index (κ2) is 18.7. The van der Waals surface area contributed by atoms with Crippen molar-refractivity contribution in [3.63, 3.8) is 0 Å². The van der Waals surface area contributed by atoms with Crippen LogP contribution in [0.15, 0.2) is 89.9 Å². The number of alkyl halides is 1. The molecule has 0 aliphatic heterocycles. The van der Waals surface area contributed by atoms with Crippen molar-refractivity contribution < 1.29 is 24.3 Å². The first-order chi connectivity index (χ1) is 21.8. The Hall–Kier alpha value is -4.91. The van der Waals surface area contributed by atoms with Gasteiger partial charge in [-0.15, -0.1) is 0 Å². The lowest BCUT2D eigenvalue weighted by Crippen LogP contribution is -2.48. The van der Waals surface area contributed by atoms with Gasteiger partial charge in [0.15, 0.2) is 5.96 Å². The van der Waals surface area contributed by atoms with E-state index in [4.69, 9.17) is 5.73 Å². The maximum absolute atomic E-state index is 13.7. The number of aliphatic imine (C=N–C) groups is 1. The molecule has 0 bridgehead atoms. The molecule has 0 spiro atoms. The summed E-state index contributed by atoms with van der Waals surface area (Å²) in [6, 6.07) is 23.7. The molecule has 12 nitrogen and oxygen atoms in total. The highest BCUT2D eigenvalue weighted by atomic mass is 79.9. The number of rotatable bonds is 15. The fraction of sp³-hybridized carbons (Fsp3) is 0.281. The smallest absolute Gasteiger partial charge is 0.321 e. The van der Waals surface area contributed by atoms with Crippen LogP contribution in [-0.4, -0.2) is 65.8 Å². The van der Waals surface area contributed by atoms with Gasteiger partial charge in [0.25, 0.3) is 0 Å². The molecular weight excluding hydrogens is 642 g/mol. The van der Waals surface area contributed by atoms with Crippen LogP contribution in [0, 0.1) is 0 Å². The molecule has 3 rings (SSSR count). The zero-order valence-electron chi connectivity index (χ0n) is 24.7. The fourth-order valence-corrected chi connectivity index (χ4v) is 4.55. The van der Waals surface area contributed by atoms with Crippen LogP contribution in [0.25, 0.3) is 0 Å². The van der Waals surface area contributed by atoms with E-state index in [1.54, 1.807) is 12.1 Å². The highest BCUT2D eigenvalue weighted by molar-refractivity contribution is 9.09. The number of carbonyl (C=O) groups excluding carboxylic acids is 4. The SMILES string of the molecule is NC(=NCCC[C@@H](NC(=O)C(c1ccccc1)c1ccccc1)C(=O)NCc1ccc(O)cc1)NC(=O)NCCNC(=O)CBr. The Morgan fingerprint density at radius 2 is 1.40 bits per heavy atom. The summed E-state index contributed by atoms with van der Waals surface area (Å²) in [5.41, 5.74) is 8.19. The molecule has 0 radical (unpaired) electrons. The summed E-state index contributed by atoms with van der Waals surface area (Å²) in [6.07, 6.45) is 0.626. The number of carbonyl (C=O) groups is 4. The number of hydrogen-bond acceptors (Lipinski definition) is 6. The first-order valence-corrected chi connectivity index (χ1v) is 15.5. The van der Waals surface area contributed by atoms with E-state index < -0.39 is 18.0 Å². The third-order valence-electron chi connectivity index (χ3n) is 6.59. The van der Waals surface area contributed by atoms with Gasteiger partial charge in [0, 0.05) is 26.2 Å². The molecule has 0 aromatic heterocycles. The first-order valence-electron chi connectivity index (χ1n) is 14.4. The van der Waals surface area contributed by atoms with Gasteiger partial charge in [0.1, 0.15) is 11.8 Å². The summed E-state index contributed by atoms with van der Waals surface area (Å²) in [7, 11) is 0. The highest BCUT2D eigenvalue weighted by Gasteiger charge is 2.27. The van der Waals surface area contributed by atoms with E-state index in [0.29, 0.717) is 6.42 Å². The lowest BCUT2D eigenvalue weighted by atomic mass is 9.90. The molecule has 1 atom stereocenters. The Morgan fingerprint density at radius 1 is 0.800 bits per heavy atom. The number of hydrogen-bond donors (Lipinski definition) is 7. The van der Waals surface area contributed by atoms with Crippen molar-refractivity contribution in [3.8, 4) is 5.75 Å². The zero-order chi connectivity index (χ0) is 32.4. The van der Waals surface area contributed by atoms with Gasteiger partial charge in [-0.2, -0.15) is 0 Å². The van der Waals surface area contributed by atoms with E-state index in [1.807, 2.05) is 60.7 Å². The van der Waals surface area contributed by atoms with E-state index in [2.05, 4.69) is 47.5 Å². The van der Waals surface area contributed by atoms with Crippen LogP contribution in [0.2, 0.25) is 0 Å². The normalized spacial score (nSPS) is 11.7. The summed E-state index contributed by atoms with van der Waals surface area (Å²) >= 11 is 3.04. The van der Waals surface area contributed by atoms with Crippen LogP contribution < -0.4 is 32.3 Å². The van der Waals surface area contributed by atoms with E-state index in [9.17, 15) is 24.3 Å². The summed E-state index contributed by atoms with van der Waals surface area (Å²) in [6.45, 7) is 0.847. The molecule has 5 amide bonds. The van der Waals surface area contributed by atoms with Crippen molar-refractivity contribution in [1.29, 1.82) is 0 Å². The van der Waals surface area contributed by atoms with Crippen LogP contribution in [0.4, 0.5) is 4.79 Å². The quantitative estimate of drug-likeness (QED) is 0.0558. The van der Waals surface area contributed by atoms with Gasteiger partial charge >= 0.3 is 6.03 Å². The number of guanidine groups is 1. The maximum atomic E-state index is 13.7. The molecule has 0 aliphatic rings. The largest absolute Gasteiger partial charge is 0.508 e. The number of phenolic OH excluding ortho intramolecular Hbond substituents is 1. The number of phenols is 1. The minimum atomic E-state index is -0.882. The maximum Gasteiger partial charge on any atom is 0.321 e. The van der Waals surface area contributed by atoms with Crippen LogP contribution in [0.5, 0.6) is 5.75 Å². The van der Waals surface area contributed by atoms with Gasteiger partial charge in [0.05, 0.1) is 11.2 Å². The fourth-order valence-electron chi connectivity index (χ4n) is 4.36. The number of benzene rings is 3. The number of aromatic hydroxyl groups is 1. The Balaban J connectivity index is 1.64. The van der Waals surface area contributed by atoms with Gasteiger partial charge in [-0.05, 0) is 41.7 Å². The molecule has 0 unspecified atom stereocenters. The first kappa shape index (κ1) is 34.6. The lowest BCUT2D eigenvalue weighted by Gasteiger charge is -2.23. The molecular formula is C32H38BrN7O5. The Kier molecular flexibility index (Phi) is 14.4. The van der Waals surface area contributed by atoms with E-state index in [1.165, 1.54) is 12.1 Å². The van der Waals surface area contributed by atoms with Gasteiger partial charge in [-0.3, -0.25) is 24.7 Å². The van der Waals surface area contributed by atoms with E-state index in [0.717, 1.165) is 16.7 Å². The predicted octanol–water partition coefficient (Wildman–Crippen LogP) is 2.23. The number of nitrogens with one attached hydrogen (secondary N) is 5. The molecule has 3 aromatic carbocycles. The summed E-state index contributed by atoms with van der Waals surface area (Å²) < 4.78 is 0. The third kappa shape index (κ3) is 12.3. The molecule has 3 aromatic rings. The molecule has 0 saturated carbocycles. The third-order valence-corrected chi connectivity index (χ3v) is 7.10. The predicted molar refractivity (Wildman–Crippen MR) is 176 cm³/mol. The number of nitrogens with two attached hydrogens (primary N) is 1. The lowest BCUT2D eigenvalue weighted by molar-refractivity contribution is -0.129. The van der Waals surface area contributed by atoms with Crippen LogP contribution >= 0.6 is 15.9 Å². The summed E-state index contributed by atoms with van der Waals surface area (Å²) in [4.78, 5) is 54.5. The van der Waals surface area contributed by atoms with Crippen LogP contribution in [0.3, 0.4) is 0 Å². The Labute approximate surface area is 270 Å². The Bertz CT molecular complexity index is 1380. The number of nitrogens with zero attached hydrogens (tertiary/aromatic N) is 1. The number of amides is 5. The van der Waals surface area contributed by atoms with Crippen LogP contribution in [-0.2, 0) is 20.9 Å². The topological polar surface area (TPSA) is 187 Å². The molecule has 8 N–H and O–H groups in total. The van der Waals surface area contributed by atoms with Crippen molar-refractivity contribution >= 4 is 45.6 Å². The molecule has 0 fully saturated rings. The van der Waals surface area contributed by atoms with Gasteiger partial charge in [0.2, 0.25) is 17.7 Å². The van der Waals surface area contributed by atoms with Crippen molar-refractivity contribution in [3.05, 3.63) is 102 Å². The van der Waals surface area contributed by atoms with Crippen molar-refractivity contribution in [2.24, 2.45) is 10.7 Å². The zero-order valence-corrected chi connectivity index (χ0v) is 26.3. The average molecular weight is 681 g/mol. The summed E-state index contributed by atoms with van der Waals surface area (Å²) in [5, 5.41) is 23.1. The molecule has 0 aliphatic carbocycles. The molecule has 0 heterocycles. The molecule has 238 valence electrons. The van der Waals surface area contributed by atoms with E-state index >= 15 is 0 Å². The Morgan fingerprint density at radius 3 is 2.00 bits per heavy atom. The number of halogens is 1. The molecule has 13 heteroatoms. The molecule has 45 heavy (non-hydrogen) atoms. The van der Waals surface area contributed by atoms with E-state index in [-0.39, 0.29) is 67.4 Å². The monoisotopic (exact) mass is 679 g/mol. The van der Waals surface area contributed by atoms with Gasteiger partial charge in [-0.25, -0.2) is 4.79 Å². The number of urea groups is 1. The minimum absolute atomic E-state index is 0.109. The second-order valence-corrected chi connectivity index (χ2v) is 10.5. The van der Waals surface area contributed by atoms with Crippen molar-refractivity contribution in [1.82, 2.24) is 26.6 Å². The molecule has 0 saturated heterocycles. The minimum Gasteiger partial charge on any atom is -0.508 e. The van der Waals surface area contributed by atoms with Crippen molar-refractivity contribution in [2.75, 3.05) is 25.0 Å². The van der Waals surface area contributed by atoms with Crippen LogP contribution in [0.1, 0.15) is 35.4 Å². The highest BCUT2D eigenvalue weighted by Crippen LogP contribution is 2.25. The van der Waals surface area contributed by atoms with Gasteiger partial charge < -0.3 is 32.1 Å².